The summed E-state index contributed by atoms with van der Waals surface area (Å²) in [6.45, 7) is 3.68. The number of aromatic hydroxyl groups is 1. The van der Waals surface area contributed by atoms with Crippen molar-refractivity contribution in [2.24, 2.45) is 0 Å². The van der Waals surface area contributed by atoms with E-state index in [1.807, 2.05) is 36.6 Å². The van der Waals surface area contributed by atoms with E-state index in [9.17, 15) is 31.4 Å². The molecule has 12 nitrogen and oxygen atoms in total. The van der Waals surface area contributed by atoms with Crippen LogP contribution in [0.15, 0.2) is 110 Å². The predicted molar refractivity (Wildman–Crippen MR) is 232 cm³/mol. The lowest BCUT2D eigenvalue weighted by atomic mass is 10.2. The van der Waals surface area contributed by atoms with Crippen LogP contribution in [-0.4, -0.2) is 54.1 Å². The Kier molecular flexibility index (Phi) is 13.9. The number of halogens is 9. The SMILES string of the molecule is BrB(Br)Br.COc1ccc2nc(C)c(-c3cncc(Nc4ccc(C(F)(F)F)cc4)n3)n2c1.Cc1nc2ccc(O)cn2c1-c1cncc(Nc2ccc(C(F)(F)F)cc2)n1. The number of methoxy groups -OCH3 is 1. The van der Waals surface area contributed by atoms with Gasteiger partial charge in [0.05, 0.1) is 78.2 Å². The first-order valence-electron chi connectivity index (χ1n) is 17.6. The number of hydrogen-bond acceptors (Lipinski definition) is 10. The molecule has 0 radical (unpaired) electrons. The second-order valence-electron chi connectivity index (χ2n) is 12.7. The zero-order chi connectivity index (χ0) is 44.1. The van der Waals surface area contributed by atoms with Crippen LogP contribution in [0.3, 0.4) is 0 Å². The number of anilines is 4. The molecule has 0 unspecified atom stereocenters. The molecule has 6 heterocycles. The molecule has 8 aromatic rings. The van der Waals surface area contributed by atoms with Crippen molar-refractivity contribution >= 4 is 84.8 Å². The zero-order valence-electron chi connectivity index (χ0n) is 31.8. The Morgan fingerprint density at radius 2 is 1.00 bits per heavy atom. The van der Waals surface area contributed by atoms with Crippen molar-refractivity contribution in [3.63, 3.8) is 0 Å². The Bertz CT molecular complexity index is 2770. The lowest BCUT2D eigenvalue weighted by Gasteiger charge is -2.10. The van der Waals surface area contributed by atoms with E-state index in [1.165, 1.54) is 42.9 Å². The molecule has 0 amide bonds. The van der Waals surface area contributed by atoms with Gasteiger partial charge in [0.25, 0.3) is 0 Å². The molecule has 3 N–H and O–H groups in total. The van der Waals surface area contributed by atoms with Crippen molar-refractivity contribution in [2.75, 3.05) is 17.7 Å². The van der Waals surface area contributed by atoms with E-state index in [-0.39, 0.29) is 8.93 Å². The number of nitrogens with one attached hydrogen (secondary N) is 2. The Hall–Kier alpha value is -5.74. The molecule has 0 saturated heterocycles. The summed E-state index contributed by atoms with van der Waals surface area (Å²) in [7, 11) is 1.58. The molecule has 0 bridgehead atoms. The highest BCUT2D eigenvalue weighted by Gasteiger charge is 2.31. The fourth-order valence-corrected chi connectivity index (χ4v) is 5.89. The van der Waals surface area contributed by atoms with Gasteiger partial charge in [-0.2, -0.15) is 26.3 Å². The summed E-state index contributed by atoms with van der Waals surface area (Å²) >= 11 is 9.31. The fourth-order valence-electron chi connectivity index (χ4n) is 5.89. The van der Waals surface area contributed by atoms with Crippen LogP contribution >= 0.6 is 47.3 Å². The van der Waals surface area contributed by atoms with Crippen LogP contribution in [0.4, 0.5) is 49.4 Å². The smallest absolute Gasteiger partial charge is 0.416 e. The minimum absolute atomic E-state index is 0.0816. The number of ether oxygens (including phenoxy) is 1. The Balaban J connectivity index is 0.000000188. The topological polar surface area (TPSA) is 140 Å². The minimum atomic E-state index is -4.38. The first kappa shape index (κ1) is 44.8. The highest BCUT2D eigenvalue weighted by Crippen LogP contribution is 2.33. The molecule has 0 aliphatic carbocycles. The van der Waals surface area contributed by atoms with E-state index >= 15 is 0 Å². The molecule has 0 aliphatic heterocycles. The molecular weight excluding hydrogens is 1010 g/mol. The summed E-state index contributed by atoms with van der Waals surface area (Å²) in [5, 5.41) is 15.7. The van der Waals surface area contributed by atoms with Crippen LogP contribution < -0.4 is 15.4 Å². The predicted octanol–water partition coefficient (Wildman–Crippen LogP) is 11.6. The maximum atomic E-state index is 12.7. The molecule has 0 atom stereocenters. The Morgan fingerprint density at radius 3 is 1.41 bits per heavy atom. The average Bonchev–Trinajstić information content (AvgIpc) is 3.71. The summed E-state index contributed by atoms with van der Waals surface area (Å²) in [6.07, 6.45) is 0.707. The normalized spacial score (nSPS) is 11.3. The van der Waals surface area contributed by atoms with Crippen LogP contribution in [-0.2, 0) is 12.4 Å². The molecule has 0 aliphatic rings. The molecule has 22 heteroatoms. The molecule has 6 aromatic heterocycles. The van der Waals surface area contributed by atoms with E-state index < -0.39 is 23.5 Å². The number of pyridine rings is 2. The second-order valence-corrected chi connectivity index (χ2v) is 19.2. The molecule has 61 heavy (non-hydrogen) atoms. The van der Waals surface area contributed by atoms with Gasteiger partial charge < -0.3 is 20.5 Å². The molecular formula is C39H30BBr3F6N10O2. The van der Waals surface area contributed by atoms with Crippen molar-refractivity contribution in [2.45, 2.75) is 26.2 Å². The van der Waals surface area contributed by atoms with Crippen molar-refractivity contribution in [1.82, 2.24) is 38.7 Å². The van der Waals surface area contributed by atoms with Crippen LogP contribution in [0.25, 0.3) is 34.1 Å². The van der Waals surface area contributed by atoms with Crippen LogP contribution in [0.5, 0.6) is 11.5 Å². The lowest BCUT2D eigenvalue weighted by Crippen LogP contribution is -2.04. The highest BCUT2D eigenvalue weighted by atomic mass is 79.9. The van der Waals surface area contributed by atoms with E-state index in [0.29, 0.717) is 57.2 Å². The van der Waals surface area contributed by atoms with Crippen LogP contribution in [0.2, 0.25) is 0 Å². The number of rotatable bonds is 7. The van der Waals surface area contributed by atoms with Crippen molar-refractivity contribution in [1.29, 1.82) is 0 Å². The van der Waals surface area contributed by atoms with Crippen molar-refractivity contribution in [3.8, 4) is 34.3 Å². The summed E-state index contributed by atoms with van der Waals surface area (Å²) in [6, 6.07) is 16.3. The number of imidazole rings is 2. The van der Waals surface area contributed by atoms with E-state index in [1.54, 1.807) is 36.0 Å². The summed E-state index contributed by atoms with van der Waals surface area (Å²) < 4.78 is 85.3. The molecule has 0 fully saturated rings. The summed E-state index contributed by atoms with van der Waals surface area (Å²) in [4.78, 5) is 26.4. The van der Waals surface area contributed by atoms with Gasteiger partial charge in [-0.25, -0.2) is 19.9 Å². The van der Waals surface area contributed by atoms with Gasteiger partial charge in [-0.15, -0.1) is 47.3 Å². The molecule has 2 aromatic carbocycles. The van der Waals surface area contributed by atoms with Gasteiger partial charge in [-0.1, -0.05) is 0 Å². The number of fused-ring (bicyclic) bond motifs is 2. The molecule has 314 valence electrons. The van der Waals surface area contributed by atoms with Gasteiger partial charge in [0.15, 0.2) is 0 Å². The summed E-state index contributed by atoms with van der Waals surface area (Å²) in [5.41, 5.74) is 4.83. The van der Waals surface area contributed by atoms with E-state index in [0.717, 1.165) is 41.3 Å². The van der Waals surface area contributed by atoms with E-state index in [4.69, 9.17) is 4.74 Å². The number of aromatic nitrogens is 8. The van der Waals surface area contributed by atoms with Gasteiger partial charge in [0.1, 0.15) is 45.8 Å². The standard InChI is InChI=1S/C20H16F3N5O.C19H14F3N5O.BBr3/c1-12-19(28-11-15(29-2)7-8-18(28)25-12)16-9-24-10-17(27-16)26-14-5-3-13(4-6-14)20(21,22)23;1-11-18(27-10-14(28)6-7-17(27)24-11)15-8-23-9-16(26-15)25-13-4-2-12(3-5-13)19(20,21)22;2-1(3)4/h3-11H,1-2H3,(H,26,27);2-10,28H,1H3,(H,25,26);. The number of hydrogen-bond donors (Lipinski definition) is 3. The van der Waals surface area contributed by atoms with Crippen molar-refractivity contribution < 1.29 is 36.2 Å². The maximum Gasteiger partial charge on any atom is 0.416 e. The fraction of sp³-hybridized carbons (Fsp3) is 0.128. The van der Waals surface area contributed by atoms with Gasteiger partial charge >= 0.3 is 15.5 Å². The number of benzene rings is 2. The number of alkyl halides is 6. The number of nitrogens with zero attached hydrogens (tertiary/aromatic N) is 8. The average molecular weight is 1040 g/mol. The van der Waals surface area contributed by atoms with Gasteiger partial charge in [-0.3, -0.25) is 18.8 Å². The van der Waals surface area contributed by atoms with Crippen LogP contribution in [0.1, 0.15) is 22.5 Å². The molecule has 0 saturated carbocycles. The Morgan fingerprint density at radius 1 is 0.590 bits per heavy atom. The monoisotopic (exact) mass is 1030 g/mol. The molecule has 8 rings (SSSR count). The first-order valence-corrected chi connectivity index (χ1v) is 20.3. The van der Waals surface area contributed by atoms with Gasteiger partial charge in [0, 0.05) is 11.4 Å². The zero-order valence-corrected chi connectivity index (χ0v) is 36.6. The first-order chi connectivity index (χ1) is 28.9. The quantitative estimate of drug-likeness (QED) is 0.104. The third-order valence-corrected chi connectivity index (χ3v) is 8.50. The maximum absolute atomic E-state index is 12.7. The molecule has 0 spiro atoms. The lowest BCUT2D eigenvalue weighted by molar-refractivity contribution is -0.138. The Labute approximate surface area is 368 Å². The van der Waals surface area contributed by atoms with E-state index in [2.05, 4.69) is 87.8 Å². The van der Waals surface area contributed by atoms with Crippen LogP contribution in [0, 0.1) is 13.8 Å². The number of aryl methyl sites for hydroxylation is 2. The van der Waals surface area contributed by atoms with Gasteiger partial charge in [0.2, 0.25) is 0 Å². The van der Waals surface area contributed by atoms with Gasteiger partial charge in [-0.05, 0) is 86.6 Å². The third-order valence-electron chi connectivity index (χ3n) is 8.50. The highest BCUT2D eigenvalue weighted by molar-refractivity contribution is 9.69. The largest absolute Gasteiger partial charge is 0.506 e. The minimum Gasteiger partial charge on any atom is -0.506 e. The second kappa shape index (κ2) is 18.9. The van der Waals surface area contributed by atoms with Crippen molar-refractivity contribution in [3.05, 3.63) is 132 Å². The summed E-state index contributed by atoms with van der Waals surface area (Å²) in [5.74, 6) is 1.52. The third kappa shape index (κ3) is 11.4.